The number of carbonyl (C=O) groups is 1. The minimum absolute atomic E-state index is 0.0561. The van der Waals surface area contributed by atoms with Crippen LogP contribution in [0.3, 0.4) is 0 Å². The largest absolute Gasteiger partial charge is 0.348 e. The van der Waals surface area contributed by atoms with Crippen LogP contribution in [0, 0.1) is 6.92 Å². The van der Waals surface area contributed by atoms with Crippen molar-refractivity contribution in [3.63, 3.8) is 0 Å². The summed E-state index contributed by atoms with van der Waals surface area (Å²) in [4.78, 5) is 15.8. The molecule has 1 aliphatic rings. The molecule has 1 aliphatic carbocycles. The van der Waals surface area contributed by atoms with Crippen LogP contribution in [0.15, 0.2) is 11.6 Å². The molecular weight excluding hydrogens is 216 g/mol. The Balaban J connectivity index is 1.75. The molecule has 1 amide bonds. The Labute approximate surface area is 101 Å². The van der Waals surface area contributed by atoms with E-state index in [0.29, 0.717) is 18.8 Å². The second-order valence-electron chi connectivity index (χ2n) is 4.40. The highest BCUT2D eigenvalue weighted by molar-refractivity contribution is 5.78. The van der Waals surface area contributed by atoms with Gasteiger partial charge in [-0.2, -0.15) is 5.10 Å². The molecule has 0 aliphatic heterocycles. The molecule has 17 heavy (non-hydrogen) atoms. The van der Waals surface area contributed by atoms with Crippen molar-refractivity contribution in [1.82, 2.24) is 20.5 Å². The first kappa shape index (κ1) is 11.8. The highest BCUT2D eigenvalue weighted by atomic mass is 16.1. The normalized spacial score (nSPS) is 15.5. The molecular formula is C12H18N4O. The van der Waals surface area contributed by atoms with E-state index in [1.54, 1.807) is 0 Å². The van der Waals surface area contributed by atoms with E-state index in [-0.39, 0.29) is 5.91 Å². The van der Waals surface area contributed by atoms with Gasteiger partial charge < -0.3 is 5.32 Å². The number of aromatic nitrogens is 3. The average Bonchev–Trinajstić information content (AvgIpc) is 2.74. The number of aryl methyl sites for hydroxylation is 1. The van der Waals surface area contributed by atoms with Gasteiger partial charge in [0, 0.05) is 6.42 Å². The Morgan fingerprint density at radius 3 is 3.06 bits per heavy atom. The number of nitrogens with one attached hydrogen (secondary N) is 2. The van der Waals surface area contributed by atoms with Crippen molar-refractivity contribution >= 4 is 5.91 Å². The van der Waals surface area contributed by atoms with Gasteiger partial charge in [-0.25, -0.2) is 4.98 Å². The summed E-state index contributed by atoms with van der Waals surface area (Å²) < 4.78 is 0. The van der Waals surface area contributed by atoms with E-state index in [1.165, 1.54) is 18.4 Å². The summed E-state index contributed by atoms with van der Waals surface area (Å²) in [6.07, 6.45) is 7.35. The van der Waals surface area contributed by atoms with Crippen molar-refractivity contribution in [1.29, 1.82) is 0 Å². The lowest BCUT2D eigenvalue weighted by atomic mass is 9.97. The number of amides is 1. The number of aromatic amines is 1. The van der Waals surface area contributed by atoms with E-state index in [1.807, 2.05) is 6.92 Å². The Morgan fingerprint density at radius 2 is 2.41 bits per heavy atom. The molecule has 0 aromatic carbocycles. The third-order valence-corrected chi connectivity index (χ3v) is 2.86. The first-order valence-corrected chi connectivity index (χ1v) is 6.06. The highest BCUT2D eigenvalue weighted by Gasteiger charge is 2.09. The Morgan fingerprint density at radius 1 is 1.53 bits per heavy atom. The standard InChI is InChI=1S/C12H18N4O/c1-9-14-11(16-15-9)8-13-12(17)7-10-5-3-2-4-6-10/h5H,2-4,6-8H2,1H3,(H,13,17)(H,14,15,16). The fourth-order valence-corrected chi connectivity index (χ4v) is 1.98. The number of nitrogens with zero attached hydrogens (tertiary/aromatic N) is 2. The van der Waals surface area contributed by atoms with Gasteiger partial charge in [0.2, 0.25) is 5.91 Å². The Bertz CT molecular complexity index is 422. The topological polar surface area (TPSA) is 70.7 Å². The van der Waals surface area contributed by atoms with E-state index in [9.17, 15) is 4.79 Å². The van der Waals surface area contributed by atoms with E-state index < -0.39 is 0 Å². The lowest BCUT2D eigenvalue weighted by molar-refractivity contribution is -0.120. The van der Waals surface area contributed by atoms with Gasteiger partial charge in [-0.1, -0.05) is 11.6 Å². The molecule has 92 valence electrons. The maximum Gasteiger partial charge on any atom is 0.224 e. The van der Waals surface area contributed by atoms with Gasteiger partial charge in [0.25, 0.3) is 0 Å². The first-order chi connectivity index (χ1) is 8.24. The monoisotopic (exact) mass is 234 g/mol. The fourth-order valence-electron chi connectivity index (χ4n) is 1.98. The number of hydrogen-bond acceptors (Lipinski definition) is 3. The minimum Gasteiger partial charge on any atom is -0.348 e. The molecule has 0 saturated carbocycles. The van der Waals surface area contributed by atoms with Crippen LogP contribution in [0.25, 0.3) is 0 Å². The van der Waals surface area contributed by atoms with Crippen molar-refractivity contribution < 1.29 is 4.79 Å². The third kappa shape index (κ3) is 3.69. The number of H-pyrrole nitrogens is 1. The number of allylic oxidation sites excluding steroid dienone is 1. The second kappa shape index (κ2) is 5.61. The molecule has 0 atom stereocenters. The van der Waals surface area contributed by atoms with E-state index in [0.717, 1.165) is 18.7 Å². The van der Waals surface area contributed by atoms with Crippen molar-refractivity contribution in [3.05, 3.63) is 23.3 Å². The number of hydrogen-bond donors (Lipinski definition) is 2. The molecule has 5 heteroatoms. The smallest absolute Gasteiger partial charge is 0.224 e. The van der Waals surface area contributed by atoms with Gasteiger partial charge in [-0.05, 0) is 32.6 Å². The number of rotatable bonds is 4. The van der Waals surface area contributed by atoms with E-state index >= 15 is 0 Å². The molecule has 0 spiro atoms. The quantitative estimate of drug-likeness (QED) is 0.778. The van der Waals surface area contributed by atoms with Crippen LogP contribution in [0.2, 0.25) is 0 Å². The molecule has 1 aromatic rings. The number of carbonyl (C=O) groups excluding carboxylic acids is 1. The second-order valence-corrected chi connectivity index (χ2v) is 4.40. The summed E-state index contributed by atoms with van der Waals surface area (Å²) in [6, 6.07) is 0. The van der Waals surface area contributed by atoms with E-state index in [2.05, 4.69) is 26.6 Å². The van der Waals surface area contributed by atoms with Gasteiger partial charge in [0.05, 0.1) is 6.54 Å². The fraction of sp³-hybridized carbons (Fsp3) is 0.583. The highest BCUT2D eigenvalue weighted by Crippen LogP contribution is 2.19. The summed E-state index contributed by atoms with van der Waals surface area (Å²) in [5, 5.41) is 9.55. The van der Waals surface area contributed by atoms with Crippen LogP contribution in [-0.4, -0.2) is 21.1 Å². The predicted molar refractivity (Wildman–Crippen MR) is 64.1 cm³/mol. The Kier molecular flexibility index (Phi) is 3.90. The zero-order chi connectivity index (χ0) is 12.1. The summed E-state index contributed by atoms with van der Waals surface area (Å²) in [5.41, 5.74) is 1.26. The maximum absolute atomic E-state index is 11.7. The van der Waals surface area contributed by atoms with Gasteiger partial charge >= 0.3 is 0 Å². The summed E-state index contributed by atoms with van der Waals surface area (Å²) in [6.45, 7) is 2.24. The minimum atomic E-state index is 0.0561. The summed E-state index contributed by atoms with van der Waals surface area (Å²) in [7, 11) is 0. The van der Waals surface area contributed by atoms with Crippen molar-refractivity contribution in [3.8, 4) is 0 Å². The molecule has 0 fully saturated rings. The lowest BCUT2D eigenvalue weighted by Gasteiger charge is -2.11. The van der Waals surface area contributed by atoms with Gasteiger partial charge in [-0.15, -0.1) is 0 Å². The zero-order valence-electron chi connectivity index (χ0n) is 10.1. The van der Waals surface area contributed by atoms with Crippen LogP contribution in [0.5, 0.6) is 0 Å². The van der Waals surface area contributed by atoms with Crippen molar-refractivity contribution in [2.45, 2.75) is 45.6 Å². The Hall–Kier alpha value is -1.65. The summed E-state index contributed by atoms with van der Waals surface area (Å²) >= 11 is 0. The first-order valence-electron chi connectivity index (χ1n) is 6.06. The molecule has 0 radical (unpaired) electrons. The van der Waals surface area contributed by atoms with Crippen LogP contribution >= 0.6 is 0 Å². The van der Waals surface area contributed by atoms with Crippen molar-refractivity contribution in [2.75, 3.05) is 0 Å². The van der Waals surface area contributed by atoms with Gasteiger partial charge in [-0.3, -0.25) is 9.89 Å². The SMILES string of the molecule is Cc1nc(CNC(=O)CC2=CCCCC2)n[nH]1. The molecule has 2 rings (SSSR count). The summed E-state index contributed by atoms with van der Waals surface area (Å²) in [5.74, 6) is 1.46. The van der Waals surface area contributed by atoms with Crippen molar-refractivity contribution in [2.24, 2.45) is 0 Å². The van der Waals surface area contributed by atoms with E-state index in [4.69, 9.17) is 0 Å². The molecule has 1 heterocycles. The van der Waals surface area contributed by atoms with Crippen LogP contribution in [0.1, 0.15) is 43.8 Å². The average molecular weight is 234 g/mol. The lowest BCUT2D eigenvalue weighted by Crippen LogP contribution is -2.23. The van der Waals surface area contributed by atoms with Gasteiger partial charge in [0.1, 0.15) is 5.82 Å². The molecule has 0 unspecified atom stereocenters. The molecule has 5 nitrogen and oxygen atoms in total. The zero-order valence-corrected chi connectivity index (χ0v) is 10.1. The van der Waals surface area contributed by atoms with Crippen LogP contribution in [-0.2, 0) is 11.3 Å². The van der Waals surface area contributed by atoms with Crippen LogP contribution in [0.4, 0.5) is 0 Å². The molecule has 2 N–H and O–H groups in total. The molecule has 1 aromatic heterocycles. The maximum atomic E-state index is 11.7. The molecule has 0 bridgehead atoms. The molecule has 0 saturated heterocycles. The van der Waals surface area contributed by atoms with Gasteiger partial charge in [0.15, 0.2) is 5.82 Å². The predicted octanol–water partition coefficient (Wildman–Crippen LogP) is 1.62. The van der Waals surface area contributed by atoms with Crippen LogP contribution < -0.4 is 5.32 Å². The third-order valence-electron chi connectivity index (χ3n) is 2.86.